The van der Waals surface area contributed by atoms with Crippen LogP contribution < -0.4 is 4.90 Å². The summed E-state index contributed by atoms with van der Waals surface area (Å²) in [5.74, 6) is 2.81. The van der Waals surface area contributed by atoms with Crippen LogP contribution in [0.25, 0.3) is 0 Å². The van der Waals surface area contributed by atoms with E-state index in [0.29, 0.717) is 11.8 Å². The van der Waals surface area contributed by atoms with Crippen LogP contribution in [0.4, 0.5) is 5.69 Å². The third-order valence-electron chi connectivity index (χ3n) is 6.15. The first-order chi connectivity index (χ1) is 11.2. The fourth-order valence-corrected chi connectivity index (χ4v) is 5.14. The van der Waals surface area contributed by atoms with Gasteiger partial charge in [0.2, 0.25) is 5.91 Å². The lowest BCUT2D eigenvalue weighted by Crippen LogP contribution is -2.49. The molecule has 3 aliphatic rings. The molecule has 23 heavy (non-hydrogen) atoms. The van der Waals surface area contributed by atoms with Crippen molar-refractivity contribution in [3.05, 3.63) is 29.3 Å². The van der Waals surface area contributed by atoms with Gasteiger partial charge in [0.1, 0.15) is 0 Å². The summed E-state index contributed by atoms with van der Waals surface area (Å²) >= 11 is 6.28. The van der Waals surface area contributed by atoms with E-state index in [4.69, 9.17) is 11.6 Å². The predicted octanol–water partition coefficient (Wildman–Crippen LogP) is 3.81. The Labute approximate surface area is 143 Å². The Kier molecular flexibility index (Phi) is 4.23. The summed E-state index contributed by atoms with van der Waals surface area (Å²) in [4.78, 5) is 17.0. The largest absolute Gasteiger partial charge is 0.367 e. The number of hydrogen-bond donors (Lipinski definition) is 0. The fourth-order valence-electron chi connectivity index (χ4n) is 4.88. The van der Waals surface area contributed by atoms with E-state index in [2.05, 4.69) is 15.9 Å². The minimum absolute atomic E-state index is 0.376. The minimum Gasteiger partial charge on any atom is -0.367 e. The second-order valence-corrected chi connectivity index (χ2v) is 7.87. The van der Waals surface area contributed by atoms with Crippen molar-refractivity contribution in [3.63, 3.8) is 0 Å². The van der Waals surface area contributed by atoms with Crippen molar-refractivity contribution in [2.45, 2.75) is 32.1 Å². The Morgan fingerprint density at radius 1 is 1.09 bits per heavy atom. The van der Waals surface area contributed by atoms with Crippen molar-refractivity contribution < 1.29 is 4.79 Å². The van der Waals surface area contributed by atoms with E-state index in [1.165, 1.54) is 25.7 Å². The zero-order chi connectivity index (χ0) is 15.8. The molecule has 4 rings (SSSR count). The topological polar surface area (TPSA) is 23.6 Å². The number of carbonyl (C=O) groups excluding carboxylic acids is 1. The second kappa shape index (κ2) is 6.35. The lowest BCUT2D eigenvalue weighted by molar-refractivity contribution is -0.132. The number of benzene rings is 1. The molecule has 3 nitrogen and oxygen atoms in total. The van der Waals surface area contributed by atoms with Gasteiger partial charge in [0.25, 0.3) is 0 Å². The fraction of sp³-hybridized carbons (Fsp3) is 0.632. The predicted molar refractivity (Wildman–Crippen MR) is 93.8 cm³/mol. The summed E-state index contributed by atoms with van der Waals surface area (Å²) in [6.07, 6.45) is 6.25. The average Bonchev–Trinajstić information content (AvgIpc) is 3.18. The third-order valence-corrected chi connectivity index (χ3v) is 6.47. The summed E-state index contributed by atoms with van der Waals surface area (Å²) in [6.45, 7) is 3.41. The maximum Gasteiger partial charge on any atom is 0.222 e. The first kappa shape index (κ1) is 15.3. The zero-order valence-corrected chi connectivity index (χ0v) is 14.3. The molecule has 2 aliphatic carbocycles. The van der Waals surface area contributed by atoms with Gasteiger partial charge in [-0.1, -0.05) is 30.2 Å². The first-order valence-corrected chi connectivity index (χ1v) is 9.36. The summed E-state index contributed by atoms with van der Waals surface area (Å²) in [7, 11) is 0. The zero-order valence-electron chi connectivity index (χ0n) is 13.6. The Morgan fingerprint density at radius 3 is 2.52 bits per heavy atom. The molecule has 124 valence electrons. The first-order valence-electron chi connectivity index (χ1n) is 8.98. The molecule has 2 saturated carbocycles. The van der Waals surface area contributed by atoms with Gasteiger partial charge in [0.15, 0.2) is 0 Å². The highest BCUT2D eigenvalue weighted by Gasteiger charge is 2.40. The third kappa shape index (κ3) is 3.08. The summed E-state index contributed by atoms with van der Waals surface area (Å²) < 4.78 is 0. The van der Waals surface area contributed by atoms with Crippen molar-refractivity contribution in [1.29, 1.82) is 0 Å². The Bertz CT molecular complexity index is 582. The van der Waals surface area contributed by atoms with Crippen LogP contribution >= 0.6 is 11.6 Å². The molecule has 4 heteroatoms. The number of rotatable bonds is 3. The molecule has 0 spiro atoms. The molecule has 1 heterocycles. The van der Waals surface area contributed by atoms with Crippen LogP contribution in [0, 0.1) is 17.8 Å². The van der Waals surface area contributed by atoms with E-state index in [9.17, 15) is 4.79 Å². The van der Waals surface area contributed by atoms with Crippen molar-refractivity contribution in [1.82, 2.24) is 4.90 Å². The van der Waals surface area contributed by atoms with Crippen molar-refractivity contribution >= 4 is 23.2 Å². The van der Waals surface area contributed by atoms with E-state index in [0.717, 1.165) is 55.1 Å². The molecular weight excluding hydrogens is 308 g/mol. The Balaban J connectivity index is 1.31. The highest BCUT2D eigenvalue weighted by Crippen LogP contribution is 2.49. The van der Waals surface area contributed by atoms with Gasteiger partial charge in [0.05, 0.1) is 10.7 Å². The molecule has 1 aromatic rings. The molecule has 1 amide bonds. The van der Waals surface area contributed by atoms with Crippen LogP contribution in [0.5, 0.6) is 0 Å². The summed E-state index contributed by atoms with van der Waals surface area (Å²) in [5.41, 5.74) is 1.09. The van der Waals surface area contributed by atoms with Crippen molar-refractivity contribution in [2.75, 3.05) is 31.1 Å². The Hall–Kier alpha value is -1.22. The van der Waals surface area contributed by atoms with Gasteiger partial charge in [-0.15, -0.1) is 0 Å². The lowest BCUT2D eigenvalue weighted by atomic mass is 9.86. The monoisotopic (exact) mass is 332 g/mol. The van der Waals surface area contributed by atoms with Gasteiger partial charge in [-0.3, -0.25) is 4.79 Å². The number of anilines is 1. The molecule has 0 radical (unpaired) electrons. The quantitative estimate of drug-likeness (QED) is 0.840. The normalized spacial score (nSPS) is 30.0. The number of carbonyl (C=O) groups is 1. The second-order valence-electron chi connectivity index (χ2n) is 7.46. The Morgan fingerprint density at radius 2 is 1.87 bits per heavy atom. The van der Waals surface area contributed by atoms with Gasteiger partial charge in [-0.25, -0.2) is 0 Å². The van der Waals surface area contributed by atoms with E-state index in [1.807, 2.05) is 18.2 Å². The van der Waals surface area contributed by atoms with Crippen LogP contribution in [0.15, 0.2) is 24.3 Å². The summed E-state index contributed by atoms with van der Waals surface area (Å²) in [5, 5.41) is 0.800. The average molecular weight is 333 g/mol. The SMILES string of the molecule is O=C(C[C@@H]1C[C@@H]2CC[C@@H]1C2)N1CCN(c2ccccc2Cl)CC1. The maximum absolute atomic E-state index is 12.6. The van der Waals surface area contributed by atoms with Gasteiger partial charge < -0.3 is 9.80 Å². The molecule has 1 aromatic carbocycles. The van der Waals surface area contributed by atoms with Crippen LogP contribution in [0.3, 0.4) is 0 Å². The van der Waals surface area contributed by atoms with Gasteiger partial charge in [-0.05, 0) is 49.1 Å². The van der Waals surface area contributed by atoms with Crippen LogP contribution in [-0.2, 0) is 4.79 Å². The number of piperazine rings is 1. The number of amides is 1. The van der Waals surface area contributed by atoms with E-state index in [-0.39, 0.29) is 0 Å². The summed E-state index contributed by atoms with van der Waals surface area (Å²) in [6, 6.07) is 7.98. The van der Waals surface area contributed by atoms with Crippen LogP contribution in [0.2, 0.25) is 5.02 Å². The molecule has 1 saturated heterocycles. The van der Waals surface area contributed by atoms with Crippen LogP contribution in [-0.4, -0.2) is 37.0 Å². The molecule has 0 aromatic heterocycles. The van der Waals surface area contributed by atoms with E-state index in [1.54, 1.807) is 0 Å². The molecule has 0 unspecified atom stereocenters. The number of hydrogen-bond acceptors (Lipinski definition) is 2. The van der Waals surface area contributed by atoms with Crippen LogP contribution in [0.1, 0.15) is 32.1 Å². The van der Waals surface area contributed by atoms with Crippen molar-refractivity contribution in [2.24, 2.45) is 17.8 Å². The highest BCUT2D eigenvalue weighted by atomic mass is 35.5. The molecule has 0 N–H and O–H groups in total. The molecule has 3 fully saturated rings. The highest BCUT2D eigenvalue weighted by molar-refractivity contribution is 6.33. The van der Waals surface area contributed by atoms with Gasteiger partial charge in [-0.2, -0.15) is 0 Å². The molecule has 2 bridgehead atoms. The number of para-hydroxylation sites is 1. The van der Waals surface area contributed by atoms with Gasteiger partial charge in [0, 0.05) is 32.6 Å². The minimum atomic E-state index is 0.376. The standard InChI is InChI=1S/C19H25ClN2O/c20-17-3-1-2-4-18(17)21-7-9-22(10-8-21)19(23)13-16-12-14-5-6-15(16)11-14/h1-4,14-16H,5-13H2/t14-,15-,16+/m1/s1. The molecule has 3 atom stereocenters. The lowest BCUT2D eigenvalue weighted by Gasteiger charge is -2.37. The van der Waals surface area contributed by atoms with Crippen molar-refractivity contribution in [3.8, 4) is 0 Å². The maximum atomic E-state index is 12.6. The van der Waals surface area contributed by atoms with E-state index < -0.39 is 0 Å². The smallest absolute Gasteiger partial charge is 0.222 e. The number of fused-ring (bicyclic) bond motifs is 2. The number of halogens is 1. The molecular formula is C19H25ClN2O. The van der Waals surface area contributed by atoms with Gasteiger partial charge >= 0.3 is 0 Å². The molecule has 1 aliphatic heterocycles. The number of nitrogens with zero attached hydrogens (tertiary/aromatic N) is 2. The van der Waals surface area contributed by atoms with E-state index >= 15 is 0 Å².